The summed E-state index contributed by atoms with van der Waals surface area (Å²) in [7, 11) is 0. The quantitative estimate of drug-likeness (QED) is 0.656. The van der Waals surface area contributed by atoms with Gasteiger partial charge >= 0.3 is 0 Å². The van der Waals surface area contributed by atoms with E-state index in [0.717, 1.165) is 6.54 Å². The van der Waals surface area contributed by atoms with Crippen LogP contribution < -0.4 is 11.1 Å². The number of hydrogen-bond donors (Lipinski definition) is 2. The smallest absolute Gasteiger partial charge is 0.239 e. The summed E-state index contributed by atoms with van der Waals surface area (Å²) in [6.07, 6.45) is 1.80. The van der Waals surface area contributed by atoms with Crippen LogP contribution in [-0.4, -0.2) is 22.2 Å². The van der Waals surface area contributed by atoms with Crippen LogP contribution in [0.3, 0.4) is 0 Å². The van der Waals surface area contributed by atoms with Gasteiger partial charge in [0, 0.05) is 18.8 Å². The Morgan fingerprint density at radius 1 is 1.83 bits per heavy atom. The van der Waals surface area contributed by atoms with Crippen molar-refractivity contribution in [1.82, 2.24) is 9.78 Å². The standard InChI is InChI=1S/C7H12N4O/c1-2-11-4-3-6(10-11)9-7(12)5-8/h3-4H,2,5,8H2,1H3,(H,9,10,12). The summed E-state index contributed by atoms with van der Waals surface area (Å²) < 4.78 is 1.73. The van der Waals surface area contributed by atoms with Gasteiger partial charge in [0.1, 0.15) is 0 Å². The molecule has 0 saturated carbocycles. The molecular weight excluding hydrogens is 156 g/mol. The Bertz CT molecular complexity index is 268. The van der Waals surface area contributed by atoms with Gasteiger partial charge in [-0.3, -0.25) is 9.48 Å². The fourth-order valence-corrected chi connectivity index (χ4v) is 0.798. The van der Waals surface area contributed by atoms with Crippen molar-refractivity contribution in [2.75, 3.05) is 11.9 Å². The molecule has 66 valence electrons. The van der Waals surface area contributed by atoms with E-state index in [-0.39, 0.29) is 12.5 Å². The molecule has 0 aromatic carbocycles. The maximum Gasteiger partial charge on any atom is 0.239 e. The molecule has 1 aromatic rings. The molecular formula is C7H12N4O. The van der Waals surface area contributed by atoms with Gasteiger partial charge in [0.2, 0.25) is 5.91 Å². The topological polar surface area (TPSA) is 72.9 Å². The normalized spacial score (nSPS) is 9.83. The third-order valence-electron chi connectivity index (χ3n) is 1.42. The van der Waals surface area contributed by atoms with E-state index >= 15 is 0 Å². The molecule has 1 rings (SSSR count). The third-order valence-corrected chi connectivity index (χ3v) is 1.42. The summed E-state index contributed by atoms with van der Waals surface area (Å²) in [5, 5.41) is 6.60. The number of nitrogens with one attached hydrogen (secondary N) is 1. The van der Waals surface area contributed by atoms with Gasteiger partial charge < -0.3 is 11.1 Å². The van der Waals surface area contributed by atoms with Crippen molar-refractivity contribution in [3.8, 4) is 0 Å². The molecule has 0 aliphatic rings. The van der Waals surface area contributed by atoms with E-state index in [1.165, 1.54) is 0 Å². The summed E-state index contributed by atoms with van der Waals surface area (Å²) in [6, 6.07) is 1.73. The molecule has 5 nitrogen and oxygen atoms in total. The van der Waals surface area contributed by atoms with Gasteiger partial charge in [0.25, 0.3) is 0 Å². The van der Waals surface area contributed by atoms with Crippen LogP contribution >= 0.6 is 0 Å². The van der Waals surface area contributed by atoms with Gasteiger partial charge in [0.05, 0.1) is 6.54 Å². The van der Waals surface area contributed by atoms with Crippen LogP contribution in [-0.2, 0) is 11.3 Å². The molecule has 1 aromatic heterocycles. The van der Waals surface area contributed by atoms with Crippen molar-refractivity contribution < 1.29 is 4.79 Å². The minimum absolute atomic E-state index is 0.0149. The monoisotopic (exact) mass is 168 g/mol. The van der Waals surface area contributed by atoms with Crippen molar-refractivity contribution in [3.05, 3.63) is 12.3 Å². The second-order valence-electron chi connectivity index (χ2n) is 2.31. The lowest BCUT2D eigenvalue weighted by molar-refractivity contribution is -0.114. The van der Waals surface area contributed by atoms with Crippen molar-refractivity contribution in [3.63, 3.8) is 0 Å². The van der Waals surface area contributed by atoms with Crippen molar-refractivity contribution >= 4 is 11.7 Å². The molecule has 0 radical (unpaired) electrons. The number of nitrogens with two attached hydrogens (primary N) is 1. The van der Waals surface area contributed by atoms with E-state index in [0.29, 0.717) is 5.82 Å². The first-order valence-electron chi connectivity index (χ1n) is 3.79. The highest BCUT2D eigenvalue weighted by atomic mass is 16.1. The predicted octanol–water partition coefficient (Wildman–Crippen LogP) is -0.200. The van der Waals surface area contributed by atoms with E-state index in [4.69, 9.17) is 5.73 Å². The zero-order valence-corrected chi connectivity index (χ0v) is 6.95. The molecule has 12 heavy (non-hydrogen) atoms. The minimum atomic E-state index is -0.226. The Morgan fingerprint density at radius 2 is 2.58 bits per heavy atom. The number of aryl methyl sites for hydroxylation is 1. The summed E-state index contributed by atoms with van der Waals surface area (Å²) >= 11 is 0. The summed E-state index contributed by atoms with van der Waals surface area (Å²) in [5.74, 6) is 0.323. The van der Waals surface area contributed by atoms with Crippen molar-refractivity contribution in [2.45, 2.75) is 13.5 Å². The van der Waals surface area contributed by atoms with Crippen LogP contribution in [0.1, 0.15) is 6.92 Å². The van der Waals surface area contributed by atoms with Crippen LogP contribution in [0.2, 0.25) is 0 Å². The van der Waals surface area contributed by atoms with Crippen LogP contribution in [0, 0.1) is 0 Å². The van der Waals surface area contributed by atoms with Crippen molar-refractivity contribution in [2.24, 2.45) is 5.73 Å². The van der Waals surface area contributed by atoms with Gasteiger partial charge in [-0.2, -0.15) is 5.10 Å². The van der Waals surface area contributed by atoms with Crippen LogP contribution in [0.15, 0.2) is 12.3 Å². The lowest BCUT2D eigenvalue weighted by Gasteiger charge is -1.97. The maximum absolute atomic E-state index is 10.8. The molecule has 0 atom stereocenters. The number of carbonyl (C=O) groups is 1. The molecule has 1 heterocycles. The van der Waals surface area contributed by atoms with E-state index in [1.54, 1.807) is 16.9 Å². The molecule has 5 heteroatoms. The number of amides is 1. The fraction of sp³-hybridized carbons (Fsp3) is 0.429. The maximum atomic E-state index is 10.8. The zero-order valence-electron chi connectivity index (χ0n) is 6.95. The zero-order chi connectivity index (χ0) is 8.97. The highest BCUT2D eigenvalue weighted by Gasteiger charge is 2.00. The summed E-state index contributed by atoms with van der Waals surface area (Å²) in [4.78, 5) is 10.8. The first-order chi connectivity index (χ1) is 5.76. The Labute approximate surface area is 70.5 Å². The largest absolute Gasteiger partial charge is 0.322 e. The molecule has 0 bridgehead atoms. The number of nitrogens with zero attached hydrogens (tertiary/aromatic N) is 2. The lowest BCUT2D eigenvalue weighted by Crippen LogP contribution is -2.22. The molecule has 0 unspecified atom stereocenters. The number of hydrogen-bond acceptors (Lipinski definition) is 3. The second-order valence-corrected chi connectivity index (χ2v) is 2.31. The average molecular weight is 168 g/mol. The number of rotatable bonds is 3. The Kier molecular flexibility index (Phi) is 2.82. The number of carbonyl (C=O) groups excluding carboxylic acids is 1. The third kappa shape index (κ3) is 2.06. The molecule has 0 saturated heterocycles. The Balaban J connectivity index is 2.58. The molecule has 0 aliphatic heterocycles. The van der Waals surface area contributed by atoms with Crippen LogP contribution in [0.5, 0.6) is 0 Å². The van der Waals surface area contributed by atoms with Gasteiger partial charge in [-0.15, -0.1) is 0 Å². The van der Waals surface area contributed by atoms with Gasteiger partial charge in [0.15, 0.2) is 5.82 Å². The summed E-state index contributed by atoms with van der Waals surface area (Å²) in [5.41, 5.74) is 5.11. The average Bonchev–Trinajstić information content (AvgIpc) is 2.52. The van der Waals surface area contributed by atoms with E-state index in [1.807, 2.05) is 6.92 Å². The highest BCUT2D eigenvalue weighted by molar-refractivity contribution is 5.91. The lowest BCUT2D eigenvalue weighted by atomic mass is 10.5. The Morgan fingerprint density at radius 3 is 3.08 bits per heavy atom. The molecule has 3 N–H and O–H groups in total. The second kappa shape index (κ2) is 3.87. The molecule has 1 amide bonds. The summed E-state index contributed by atoms with van der Waals surface area (Å²) in [6.45, 7) is 2.75. The predicted molar refractivity (Wildman–Crippen MR) is 45.6 cm³/mol. The van der Waals surface area contributed by atoms with E-state index in [9.17, 15) is 4.79 Å². The highest BCUT2D eigenvalue weighted by Crippen LogP contribution is 2.00. The van der Waals surface area contributed by atoms with E-state index in [2.05, 4.69) is 10.4 Å². The van der Waals surface area contributed by atoms with Gasteiger partial charge in [-0.25, -0.2) is 0 Å². The first kappa shape index (κ1) is 8.73. The Hall–Kier alpha value is -1.36. The minimum Gasteiger partial charge on any atom is -0.322 e. The van der Waals surface area contributed by atoms with Crippen LogP contribution in [0.25, 0.3) is 0 Å². The number of aromatic nitrogens is 2. The number of anilines is 1. The van der Waals surface area contributed by atoms with Crippen molar-refractivity contribution in [1.29, 1.82) is 0 Å². The molecule has 0 spiro atoms. The van der Waals surface area contributed by atoms with E-state index < -0.39 is 0 Å². The van der Waals surface area contributed by atoms with Crippen LogP contribution in [0.4, 0.5) is 5.82 Å². The molecule has 0 aliphatic carbocycles. The SMILES string of the molecule is CCn1ccc(NC(=O)CN)n1. The fourth-order valence-electron chi connectivity index (χ4n) is 0.798. The first-order valence-corrected chi connectivity index (χ1v) is 3.79. The molecule has 0 fully saturated rings. The van der Waals surface area contributed by atoms with Gasteiger partial charge in [-0.1, -0.05) is 0 Å². The van der Waals surface area contributed by atoms with Gasteiger partial charge in [-0.05, 0) is 6.92 Å².